The molecule has 0 atom stereocenters. The molecule has 1 N–H and O–H groups in total. The smallest absolute Gasteiger partial charge is 0.335 e. The number of carboxylic acid groups (broad SMARTS) is 1. The molecule has 0 radical (unpaired) electrons. The SMILES string of the molecule is COc1cc(C(=O)O)ccc1N(Cc1cc(C2CC2)cc(C2CC2)c1)C(=O)CN(Cc1ccc(F)cc1Cl)S(=O)(=O)c1c(F)c(F)c(F)c(F)c1F. The minimum atomic E-state index is -5.76. The van der Waals surface area contributed by atoms with E-state index in [-0.39, 0.29) is 38.4 Å². The Kier molecular flexibility index (Phi) is 10.3. The molecule has 16 heteroatoms. The second kappa shape index (κ2) is 14.4. The molecule has 52 heavy (non-hydrogen) atoms. The highest BCUT2D eigenvalue weighted by Gasteiger charge is 2.39. The van der Waals surface area contributed by atoms with Crippen LogP contribution in [0.1, 0.15) is 70.1 Å². The van der Waals surface area contributed by atoms with E-state index in [1.807, 2.05) is 12.1 Å². The Balaban J connectivity index is 1.47. The van der Waals surface area contributed by atoms with Gasteiger partial charge in [0.15, 0.2) is 28.2 Å². The number of carbonyl (C=O) groups is 2. The van der Waals surface area contributed by atoms with Crippen LogP contribution in [0.5, 0.6) is 5.75 Å². The fraction of sp³-hybridized carbons (Fsp3) is 0.278. The normalized spacial score (nSPS) is 14.5. The fourth-order valence-corrected chi connectivity index (χ4v) is 7.61. The lowest BCUT2D eigenvalue weighted by atomic mass is 9.99. The third-order valence-corrected chi connectivity index (χ3v) is 11.1. The van der Waals surface area contributed by atoms with Gasteiger partial charge in [0.2, 0.25) is 21.7 Å². The van der Waals surface area contributed by atoms with Crippen LogP contribution in [0.25, 0.3) is 0 Å². The Morgan fingerprint density at radius 2 is 1.38 bits per heavy atom. The number of nitrogens with zero attached hydrogens (tertiary/aromatic N) is 2. The highest BCUT2D eigenvalue weighted by Crippen LogP contribution is 2.46. The number of halogens is 7. The van der Waals surface area contributed by atoms with Crippen molar-refractivity contribution in [2.75, 3.05) is 18.6 Å². The number of carbonyl (C=O) groups excluding carboxylic acids is 1. The molecule has 4 aromatic carbocycles. The Labute approximate surface area is 299 Å². The molecule has 0 aromatic heterocycles. The standard InChI is InChI=1S/C36H29ClF6N2O6S/c1-51-28-13-21(36(47)48)7-9-27(28)45(15-18-10-23(19-2-3-19)12-24(11-18)20-4-5-20)29(46)17-44(16-22-6-8-25(38)14-26(22)37)52(49,50)35-33(42)31(40)30(39)32(41)34(35)43/h6-14,19-20H,2-5,15-17H2,1H3,(H,47,48). The zero-order valence-electron chi connectivity index (χ0n) is 27.2. The van der Waals surface area contributed by atoms with Crippen molar-refractivity contribution in [1.29, 1.82) is 0 Å². The average Bonchev–Trinajstić information content (AvgIpc) is 4.03. The molecule has 2 fully saturated rings. The lowest BCUT2D eigenvalue weighted by Crippen LogP contribution is -2.43. The Bertz CT molecular complexity index is 2150. The van der Waals surface area contributed by atoms with Crippen molar-refractivity contribution < 1.29 is 54.2 Å². The first-order valence-corrected chi connectivity index (χ1v) is 17.7. The summed E-state index contributed by atoms with van der Waals surface area (Å²) in [5.41, 5.74) is 2.31. The molecule has 8 nitrogen and oxygen atoms in total. The van der Waals surface area contributed by atoms with Crippen LogP contribution in [0.4, 0.5) is 32.0 Å². The summed E-state index contributed by atoms with van der Waals surface area (Å²) in [5.74, 6) is -15.7. The first kappa shape index (κ1) is 37.2. The van der Waals surface area contributed by atoms with Crippen LogP contribution in [0.3, 0.4) is 0 Å². The largest absolute Gasteiger partial charge is 0.495 e. The highest BCUT2D eigenvalue weighted by molar-refractivity contribution is 7.89. The predicted molar refractivity (Wildman–Crippen MR) is 177 cm³/mol. The topological polar surface area (TPSA) is 104 Å². The molecule has 1 amide bonds. The molecule has 2 aliphatic carbocycles. The summed E-state index contributed by atoms with van der Waals surface area (Å²) >= 11 is 6.14. The monoisotopic (exact) mass is 766 g/mol. The van der Waals surface area contributed by atoms with Crippen LogP contribution in [-0.2, 0) is 27.9 Å². The second-order valence-corrected chi connectivity index (χ2v) is 14.9. The van der Waals surface area contributed by atoms with Crippen molar-refractivity contribution in [3.8, 4) is 5.75 Å². The van der Waals surface area contributed by atoms with Gasteiger partial charge in [0.25, 0.3) is 0 Å². The van der Waals surface area contributed by atoms with Gasteiger partial charge in [-0.05, 0) is 90.1 Å². The zero-order valence-corrected chi connectivity index (χ0v) is 28.8. The van der Waals surface area contributed by atoms with Gasteiger partial charge in [0.1, 0.15) is 11.6 Å². The van der Waals surface area contributed by atoms with Crippen LogP contribution < -0.4 is 9.64 Å². The number of hydrogen-bond acceptors (Lipinski definition) is 5. The van der Waals surface area contributed by atoms with Crippen molar-refractivity contribution in [2.24, 2.45) is 0 Å². The number of benzene rings is 4. The minimum absolute atomic E-state index is 0.0179. The highest BCUT2D eigenvalue weighted by atomic mass is 35.5. The van der Waals surface area contributed by atoms with Crippen LogP contribution >= 0.6 is 11.6 Å². The summed E-state index contributed by atoms with van der Waals surface area (Å²) in [6, 6.07) is 12.2. The first-order valence-electron chi connectivity index (χ1n) is 15.9. The number of aromatic carboxylic acids is 1. The van der Waals surface area contributed by atoms with Crippen LogP contribution in [0.2, 0.25) is 5.02 Å². The van der Waals surface area contributed by atoms with E-state index in [9.17, 15) is 40.7 Å². The molecule has 2 saturated carbocycles. The van der Waals surface area contributed by atoms with Crippen molar-refractivity contribution in [2.45, 2.75) is 55.5 Å². The van der Waals surface area contributed by atoms with E-state index in [4.69, 9.17) is 16.3 Å². The van der Waals surface area contributed by atoms with Gasteiger partial charge in [-0.2, -0.15) is 4.31 Å². The average molecular weight is 767 g/mol. The summed E-state index contributed by atoms with van der Waals surface area (Å²) in [6.07, 6.45) is 3.88. The molecule has 0 bridgehead atoms. The second-order valence-electron chi connectivity index (χ2n) is 12.6. The molecule has 0 unspecified atom stereocenters. The van der Waals surface area contributed by atoms with Gasteiger partial charge in [0, 0.05) is 11.6 Å². The maximum atomic E-state index is 15.0. The van der Waals surface area contributed by atoms with Crippen molar-refractivity contribution in [3.63, 3.8) is 0 Å². The summed E-state index contributed by atoms with van der Waals surface area (Å²) < 4.78 is 120. The molecule has 0 saturated heterocycles. The number of sulfonamides is 1. The summed E-state index contributed by atoms with van der Waals surface area (Å²) in [4.78, 5) is 25.0. The molecular weight excluding hydrogens is 738 g/mol. The minimum Gasteiger partial charge on any atom is -0.495 e. The van der Waals surface area contributed by atoms with Crippen molar-refractivity contribution in [3.05, 3.63) is 122 Å². The van der Waals surface area contributed by atoms with Crippen molar-refractivity contribution in [1.82, 2.24) is 4.31 Å². The molecular formula is C36H29ClF6N2O6S. The predicted octanol–water partition coefficient (Wildman–Crippen LogP) is 8.06. The van der Waals surface area contributed by atoms with Crippen LogP contribution in [0.15, 0.2) is 59.5 Å². The number of carboxylic acids is 1. The quantitative estimate of drug-likeness (QED) is 0.0839. The molecule has 4 aromatic rings. The van der Waals surface area contributed by atoms with Gasteiger partial charge < -0.3 is 14.7 Å². The van der Waals surface area contributed by atoms with Gasteiger partial charge in [-0.1, -0.05) is 35.9 Å². The lowest BCUT2D eigenvalue weighted by molar-refractivity contribution is -0.119. The van der Waals surface area contributed by atoms with E-state index in [0.29, 0.717) is 17.4 Å². The van der Waals surface area contributed by atoms with Gasteiger partial charge in [-0.25, -0.2) is 39.6 Å². The van der Waals surface area contributed by atoms with E-state index < -0.39 is 74.8 Å². The Morgan fingerprint density at radius 1 is 0.808 bits per heavy atom. The van der Waals surface area contributed by atoms with E-state index in [1.54, 1.807) is 0 Å². The van der Waals surface area contributed by atoms with Gasteiger partial charge in [-0.15, -0.1) is 0 Å². The molecule has 0 spiro atoms. The van der Waals surface area contributed by atoms with Crippen LogP contribution in [0, 0.1) is 34.9 Å². The lowest BCUT2D eigenvalue weighted by Gasteiger charge is -2.29. The molecule has 2 aliphatic rings. The van der Waals surface area contributed by atoms with E-state index in [0.717, 1.165) is 66.0 Å². The third kappa shape index (κ3) is 7.48. The van der Waals surface area contributed by atoms with Crippen molar-refractivity contribution >= 4 is 39.2 Å². The summed E-state index contributed by atoms with van der Waals surface area (Å²) in [7, 11) is -4.55. The summed E-state index contributed by atoms with van der Waals surface area (Å²) in [6.45, 7) is -2.47. The number of anilines is 1. The zero-order chi connectivity index (χ0) is 37.6. The van der Waals surface area contributed by atoms with E-state index in [1.165, 1.54) is 19.2 Å². The number of ether oxygens (including phenoxy) is 1. The fourth-order valence-electron chi connectivity index (χ4n) is 5.91. The van der Waals surface area contributed by atoms with E-state index in [2.05, 4.69) is 6.07 Å². The maximum absolute atomic E-state index is 15.0. The van der Waals surface area contributed by atoms with Gasteiger partial charge in [0.05, 0.1) is 31.5 Å². The van der Waals surface area contributed by atoms with Crippen LogP contribution in [-0.4, -0.2) is 43.4 Å². The molecule has 6 rings (SSSR count). The van der Waals surface area contributed by atoms with Gasteiger partial charge in [-0.3, -0.25) is 4.79 Å². The number of amides is 1. The third-order valence-electron chi connectivity index (χ3n) is 8.93. The number of hydrogen-bond donors (Lipinski definition) is 1. The molecule has 274 valence electrons. The number of rotatable bonds is 13. The maximum Gasteiger partial charge on any atom is 0.335 e. The molecule has 0 heterocycles. The molecule has 0 aliphatic heterocycles. The van der Waals surface area contributed by atoms with Gasteiger partial charge >= 0.3 is 5.97 Å². The first-order chi connectivity index (χ1) is 24.6. The Hall–Kier alpha value is -4.60. The Morgan fingerprint density at radius 3 is 1.90 bits per heavy atom. The summed E-state index contributed by atoms with van der Waals surface area (Å²) in [5, 5.41) is 9.21. The van der Waals surface area contributed by atoms with E-state index >= 15 is 8.78 Å². The number of methoxy groups -OCH3 is 1.